The Hall–Kier alpha value is -2.24. The number of hydrogen-bond donors (Lipinski definition) is 2. The zero-order valence-corrected chi connectivity index (χ0v) is 11.0. The van der Waals surface area contributed by atoms with E-state index in [1.54, 1.807) is 0 Å². The highest BCUT2D eigenvalue weighted by atomic mass is 16.6. The van der Waals surface area contributed by atoms with E-state index in [2.05, 4.69) is 20.5 Å². The fraction of sp³-hybridized carbons (Fsp3) is 0.500. The summed E-state index contributed by atoms with van der Waals surface area (Å²) < 4.78 is 0. The van der Waals surface area contributed by atoms with Gasteiger partial charge in [-0.3, -0.25) is 15.0 Å². The van der Waals surface area contributed by atoms with Gasteiger partial charge in [-0.05, 0) is 0 Å². The van der Waals surface area contributed by atoms with E-state index in [-0.39, 0.29) is 17.1 Å². The summed E-state index contributed by atoms with van der Waals surface area (Å²) in [4.78, 5) is 16.6. The van der Waals surface area contributed by atoms with Crippen LogP contribution in [0.5, 0.6) is 0 Å². The quantitative estimate of drug-likeness (QED) is 0.583. The highest BCUT2D eigenvalue weighted by molar-refractivity contribution is 5.58. The van der Waals surface area contributed by atoms with Crippen LogP contribution in [-0.4, -0.2) is 54.1 Å². The number of anilines is 1. The van der Waals surface area contributed by atoms with Crippen LogP contribution in [-0.2, 0) is 0 Å². The van der Waals surface area contributed by atoms with Gasteiger partial charge in [-0.25, -0.2) is 4.98 Å². The molecule has 0 radical (unpaired) electrons. The molecule has 106 valence electrons. The van der Waals surface area contributed by atoms with Gasteiger partial charge in [0.05, 0.1) is 10.5 Å². The molecule has 20 heavy (non-hydrogen) atoms. The number of nitrogens with zero attached hydrogens (tertiary/aromatic N) is 4. The third-order valence-electron chi connectivity index (χ3n) is 3.12. The number of rotatable bonds is 5. The van der Waals surface area contributed by atoms with Gasteiger partial charge in [0.25, 0.3) is 0 Å². The normalized spacial score (nSPS) is 15.6. The Kier molecular flexibility index (Phi) is 4.81. The summed E-state index contributed by atoms with van der Waals surface area (Å²) in [6.45, 7) is 5.28. The molecular weight excluding hydrogens is 260 g/mol. The number of pyridine rings is 1. The smallest absolute Gasteiger partial charge is 0.312 e. The Labute approximate surface area is 116 Å². The maximum atomic E-state index is 11.0. The molecule has 0 aromatic carbocycles. The minimum Gasteiger partial charge on any atom is -0.363 e. The summed E-state index contributed by atoms with van der Waals surface area (Å²) >= 11 is 0. The molecule has 2 N–H and O–H groups in total. The van der Waals surface area contributed by atoms with E-state index < -0.39 is 4.92 Å². The Morgan fingerprint density at radius 3 is 2.95 bits per heavy atom. The molecular formula is C12H16N6O2. The maximum Gasteiger partial charge on any atom is 0.312 e. The van der Waals surface area contributed by atoms with Crippen molar-refractivity contribution in [3.05, 3.63) is 27.9 Å². The fourth-order valence-electron chi connectivity index (χ4n) is 2.06. The standard InChI is InChI=1S/C12H16N6O2/c13-8-10-7-11(18(19)20)12(16-9-10)15-3-6-17-4-1-14-2-5-17/h7,9,14H,1-6H2,(H,15,16). The summed E-state index contributed by atoms with van der Waals surface area (Å²) in [5, 5.41) is 25.9. The SMILES string of the molecule is N#Cc1cnc(NCCN2CCNCC2)c([N+](=O)[O-])c1. The molecule has 0 spiro atoms. The summed E-state index contributed by atoms with van der Waals surface area (Å²) in [5.41, 5.74) is 0.0220. The first-order chi connectivity index (χ1) is 9.70. The van der Waals surface area contributed by atoms with Crippen molar-refractivity contribution in [2.24, 2.45) is 0 Å². The van der Waals surface area contributed by atoms with Crippen molar-refractivity contribution in [3.8, 4) is 6.07 Å². The lowest BCUT2D eigenvalue weighted by molar-refractivity contribution is -0.384. The van der Waals surface area contributed by atoms with Crippen LogP contribution in [0.4, 0.5) is 11.5 Å². The van der Waals surface area contributed by atoms with E-state index >= 15 is 0 Å². The predicted octanol–water partition coefficient (Wildman–Crippen LogP) is 0.179. The number of aromatic nitrogens is 1. The second-order valence-corrected chi connectivity index (χ2v) is 4.48. The highest BCUT2D eigenvalue weighted by Gasteiger charge is 2.16. The van der Waals surface area contributed by atoms with Crippen LogP contribution in [0.1, 0.15) is 5.56 Å². The van der Waals surface area contributed by atoms with Crippen LogP contribution in [0, 0.1) is 21.4 Å². The van der Waals surface area contributed by atoms with Crippen molar-refractivity contribution in [2.75, 3.05) is 44.6 Å². The first-order valence-electron chi connectivity index (χ1n) is 6.42. The molecule has 1 fully saturated rings. The zero-order valence-electron chi connectivity index (χ0n) is 11.0. The van der Waals surface area contributed by atoms with Crippen LogP contribution in [0.2, 0.25) is 0 Å². The number of hydrogen-bond acceptors (Lipinski definition) is 7. The minimum atomic E-state index is -0.527. The molecule has 2 heterocycles. The second-order valence-electron chi connectivity index (χ2n) is 4.48. The van der Waals surface area contributed by atoms with Crippen molar-refractivity contribution in [1.82, 2.24) is 15.2 Å². The van der Waals surface area contributed by atoms with Crippen LogP contribution in [0.15, 0.2) is 12.3 Å². The minimum absolute atomic E-state index is 0.163. The lowest BCUT2D eigenvalue weighted by atomic mass is 10.2. The number of piperazine rings is 1. The van der Waals surface area contributed by atoms with E-state index in [1.165, 1.54) is 12.3 Å². The Morgan fingerprint density at radius 1 is 1.55 bits per heavy atom. The molecule has 0 saturated carbocycles. The molecule has 1 saturated heterocycles. The fourth-order valence-corrected chi connectivity index (χ4v) is 2.06. The maximum absolute atomic E-state index is 11.0. The Balaban J connectivity index is 1.94. The van der Waals surface area contributed by atoms with Crippen molar-refractivity contribution in [1.29, 1.82) is 5.26 Å². The molecule has 1 aliphatic rings. The lowest BCUT2D eigenvalue weighted by Gasteiger charge is -2.27. The van der Waals surface area contributed by atoms with Crippen LogP contribution >= 0.6 is 0 Å². The van der Waals surface area contributed by atoms with E-state index in [9.17, 15) is 10.1 Å². The van der Waals surface area contributed by atoms with Crippen molar-refractivity contribution in [2.45, 2.75) is 0 Å². The third kappa shape index (κ3) is 3.63. The third-order valence-corrected chi connectivity index (χ3v) is 3.12. The highest BCUT2D eigenvalue weighted by Crippen LogP contribution is 2.22. The molecule has 0 aliphatic carbocycles. The molecule has 1 aliphatic heterocycles. The molecule has 8 nitrogen and oxygen atoms in total. The summed E-state index contributed by atoms with van der Waals surface area (Å²) in [7, 11) is 0. The van der Waals surface area contributed by atoms with Gasteiger partial charge in [-0.1, -0.05) is 0 Å². The van der Waals surface area contributed by atoms with E-state index in [1.807, 2.05) is 6.07 Å². The van der Waals surface area contributed by atoms with Crippen LogP contribution in [0.25, 0.3) is 0 Å². The van der Waals surface area contributed by atoms with E-state index in [4.69, 9.17) is 5.26 Å². The van der Waals surface area contributed by atoms with Gasteiger partial charge in [-0.15, -0.1) is 0 Å². The lowest BCUT2D eigenvalue weighted by Crippen LogP contribution is -2.45. The largest absolute Gasteiger partial charge is 0.363 e. The average Bonchev–Trinajstić information content (AvgIpc) is 2.48. The van der Waals surface area contributed by atoms with Gasteiger partial charge in [-0.2, -0.15) is 5.26 Å². The molecule has 0 bridgehead atoms. The summed E-state index contributed by atoms with van der Waals surface area (Å²) in [5.74, 6) is 0.212. The van der Waals surface area contributed by atoms with Gasteiger partial charge < -0.3 is 10.6 Å². The molecule has 8 heteroatoms. The van der Waals surface area contributed by atoms with Crippen molar-refractivity contribution in [3.63, 3.8) is 0 Å². The molecule has 1 aromatic rings. The molecule has 0 atom stereocenters. The monoisotopic (exact) mass is 276 g/mol. The molecule has 1 aromatic heterocycles. The Bertz CT molecular complexity index is 521. The zero-order chi connectivity index (χ0) is 14.4. The summed E-state index contributed by atoms with van der Waals surface area (Å²) in [6, 6.07) is 3.08. The van der Waals surface area contributed by atoms with Crippen LogP contribution < -0.4 is 10.6 Å². The first-order valence-corrected chi connectivity index (χ1v) is 6.42. The van der Waals surface area contributed by atoms with E-state index in [0.29, 0.717) is 6.54 Å². The average molecular weight is 276 g/mol. The summed E-state index contributed by atoms with van der Waals surface area (Å²) in [6.07, 6.45) is 1.33. The van der Waals surface area contributed by atoms with Crippen LogP contribution in [0.3, 0.4) is 0 Å². The predicted molar refractivity (Wildman–Crippen MR) is 73.4 cm³/mol. The van der Waals surface area contributed by atoms with Crippen molar-refractivity contribution < 1.29 is 4.92 Å². The van der Waals surface area contributed by atoms with Gasteiger partial charge in [0.1, 0.15) is 6.07 Å². The molecule has 2 rings (SSSR count). The van der Waals surface area contributed by atoms with Gasteiger partial charge in [0.2, 0.25) is 5.82 Å². The molecule has 0 unspecified atom stereocenters. The van der Waals surface area contributed by atoms with Gasteiger partial charge >= 0.3 is 5.69 Å². The topological polar surface area (TPSA) is 107 Å². The first kappa shape index (κ1) is 14.2. The van der Waals surface area contributed by atoms with Gasteiger partial charge in [0.15, 0.2) is 0 Å². The number of nitrogens with one attached hydrogen (secondary N) is 2. The van der Waals surface area contributed by atoms with Gasteiger partial charge in [0, 0.05) is 51.5 Å². The number of nitro groups is 1. The van der Waals surface area contributed by atoms with Crippen molar-refractivity contribution >= 4 is 11.5 Å². The number of nitriles is 1. The Morgan fingerprint density at radius 2 is 2.30 bits per heavy atom. The van der Waals surface area contributed by atoms with E-state index in [0.717, 1.165) is 32.7 Å². The second kappa shape index (κ2) is 6.79. The molecule has 0 amide bonds.